The van der Waals surface area contributed by atoms with Gasteiger partial charge < -0.3 is 14.4 Å². The van der Waals surface area contributed by atoms with Crippen LogP contribution in [0.3, 0.4) is 0 Å². The van der Waals surface area contributed by atoms with Gasteiger partial charge in [0.25, 0.3) is 0 Å². The van der Waals surface area contributed by atoms with Crippen molar-refractivity contribution in [2.24, 2.45) is 5.92 Å². The molecule has 1 unspecified atom stereocenters. The number of nitrogens with zero attached hydrogens (tertiary/aromatic N) is 2. The third-order valence-corrected chi connectivity index (χ3v) is 6.53. The SMILES string of the molecule is C#CC1C[C@H]2[C@@H](OC(=O)CCCN(C)C)CCC[C@H]2N1C(=O)OC.Cc1cc2ccc1-2. The highest BCUT2D eigenvalue weighted by molar-refractivity contribution is 5.80. The molecule has 1 aliphatic heterocycles. The predicted molar refractivity (Wildman–Crippen MR) is 120 cm³/mol. The average molecular weight is 427 g/mol. The van der Waals surface area contributed by atoms with Gasteiger partial charge in [-0.2, -0.15) is 0 Å². The minimum absolute atomic E-state index is 0.00632. The molecule has 3 aliphatic carbocycles. The molecule has 4 atom stereocenters. The average Bonchev–Trinajstić information content (AvgIpc) is 3.11. The molecule has 6 heteroatoms. The maximum atomic E-state index is 12.1. The van der Waals surface area contributed by atoms with Crippen molar-refractivity contribution in [2.75, 3.05) is 27.7 Å². The van der Waals surface area contributed by atoms with Crippen molar-refractivity contribution >= 4 is 12.1 Å². The van der Waals surface area contributed by atoms with Crippen LogP contribution in [0.5, 0.6) is 0 Å². The van der Waals surface area contributed by atoms with Gasteiger partial charge in [0, 0.05) is 18.4 Å². The van der Waals surface area contributed by atoms with Gasteiger partial charge >= 0.3 is 12.1 Å². The van der Waals surface area contributed by atoms with Crippen LogP contribution in [-0.2, 0) is 14.3 Å². The summed E-state index contributed by atoms with van der Waals surface area (Å²) in [5.74, 6) is 2.64. The summed E-state index contributed by atoms with van der Waals surface area (Å²) < 4.78 is 10.6. The van der Waals surface area contributed by atoms with Crippen LogP contribution in [0.1, 0.15) is 44.1 Å². The minimum atomic E-state index is -0.386. The Labute approximate surface area is 185 Å². The number of carbonyl (C=O) groups is 2. The van der Waals surface area contributed by atoms with Crippen molar-refractivity contribution in [1.82, 2.24) is 9.80 Å². The number of aryl methyl sites for hydroxylation is 1. The standard InChI is InChI=1S/C18H28N2O4.C7H6/c1-5-13-12-14-15(20(13)18(22)23-4)8-6-9-16(14)24-17(21)10-7-11-19(2)3;1-5-4-6-2-3-7(5)6/h1,13-16H,6-12H2,2-4H3;2-4H,1H3/t13?,14-,15-,16+;/m1./s1. The summed E-state index contributed by atoms with van der Waals surface area (Å²) in [5, 5.41) is 0. The van der Waals surface area contributed by atoms with E-state index in [0.717, 1.165) is 32.2 Å². The lowest BCUT2D eigenvalue weighted by molar-refractivity contribution is -0.154. The van der Waals surface area contributed by atoms with Gasteiger partial charge in [0.1, 0.15) is 6.10 Å². The van der Waals surface area contributed by atoms with Crippen LogP contribution < -0.4 is 0 Å². The number of amides is 1. The van der Waals surface area contributed by atoms with E-state index in [4.69, 9.17) is 15.9 Å². The molecule has 2 fully saturated rings. The number of fused-ring (bicyclic) bond motifs is 2. The first-order valence-electron chi connectivity index (χ1n) is 11.1. The van der Waals surface area contributed by atoms with Crippen molar-refractivity contribution in [2.45, 2.75) is 63.6 Å². The quantitative estimate of drug-likeness (QED) is 0.537. The normalized spacial score (nSPS) is 25.1. The van der Waals surface area contributed by atoms with Gasteiger partial charge in [-0.25, -0.2) is 4.79 Å². The van der Waals surface area contributed by atoms with E-state index >= 15 is 0 Å². The Hall–Kier alpha value is -2.52. The second-order valence-corrected chi connectivity index (χ2v) is 8.92. The van der Waals surface area contributed by atoms with E-state index in [9.17, 15) is 9.59 Å². The number of rotatable bonds is 5. The van der Waals surface area contributed by atoms with Crippen LogP contribution in [0.4, 0.5) is 4.79 Å². The number of hydrogen-bond donors (Lipinski definition) is 0. The molecule has 0 N–H and O–H groups in total. The minimum Gasteiger partial charge on any atom is -0.462 e. The molecule has 0 bridgehead atoms. The van der Waals surface area contributed by atoms with E-state index in [1.165, 1.54) is 23.8 Å². The Bertz CT molecular complexity index is 844. The smallest absolute Gasteiger partial charge is 0.410 e. The molecule has 0 aromatic carbocycles. The molecular weight excluding hydrogens is 392 g/mol. The predicted octanol–water partition coefficient (Wildman–Crippen LogP) is 3.86. The number of terminal acetylenes is 1. The number of hydrogen-bond acceptors (Lipinski definition) is 5. The van der Waals surface area contributed by atoms with Crippen molar-refractivity contribution < 1.29 is 19.1 Å². The number of methoxy groups -OCH3 is 1. The topological polar surface area (TPSA) is 59.1 Å². The Morgan fingerprint density at radius 1 is 1.29 bits per heavy atom. The molecule has 1 saturated heterocycles. The second kappa shape index (κ2) is 10.2. The molecule has 0 radical (unpaired) electrons. The van der Waals surface area contributed by atoms with E-state index in [-0.39, 0.29) is 36.2 Å². The summed E-state index contributed by atoms with van der Waals surface area (Å²) in [5.41, 5.74) is 4.36. The summed E-state index contributed by atoms with van der Waals surface area (Å²) in [7, 11) is 5.34. The molecule has 4 aliphatic rings. The highest BCUT2D eigenvalue weighted by atomic mass is 16.5. The lowest BCUT2D eigenvalue weighted by atomic mass is 9.82. The molecule has 4 rings (SSSR count). The highest BCUT2D eigenvalue weighted by Gasteiger charge is 2.49. The summed E-state index contributed by atoms with van der Waals surface area (Å²) in [6.45, 7) is 3.00. The molecule has 0 aromatic heterocycles. The van der Waals surface area contributed by atoms with E-state index in [0.29, 0.717) is 12.8 Å². The van der Waals surface area contributed by atoms with Gasteiger partial charge in [0.2, 0.25) is 0 Å². The van der Waals surface area contributed by atoms with Gasteiger partial charge in [-0.05, 0) is 76.4 Å². The zero-order chi connectivity index (χ0) is 22.5. The van der Waals surface area contributed by atoms with E-state index < -0.39 is 0 Å². The number of carbonyl (C=O) groups excluding carboxylic acids is 2. The van der Waals surface area contributed by atoms with E-state index in [1.807, 2.05) is 19.0 Å². The Balaban J connectivity index is 0.000000322. The van der Waals surface area contributed by atoms with Crippen LogP contribution in [0.25, 0.3) is 11.1 Å². The third-order valence-electron chi connectivity index (χ3n) is 6.53. The van der Waals surface area contributed by atoms with E-state index in [2.05, 4.69) is 31.0 Å². The van der Waals surface area contributed by atoms with Crippen LogP contribution >= 0.6 is 0 Å². The van der Waals surface area contributed by atoms with Crippen molar-refractivity contribution in [3.8, 4) is 23.5 Å². The largest absolute Gasteiger partial charge is 0.462 e. The van der Waals surface area contributed by atoms with Gasteiger partial charge in [-0.1, -0.05) is 24.1 Å². The molecule has 0 aromatic rings. The monoisotopic (exact) mass is 426 g/mol. The Morgan fingerprint density at radius 3 is 2.55 bits per heavy atom. The first kappa shape index (κ1) is 23.1. The first-order chi connectivity index (χ1) is 14.8. The summed E-state index contributed by atoms with van der Waals surface area (Å²) in [4.78, 5) is 27.9. The zero-order valence-electron chi connectivity index (χ0n) is 19.1. The lowest BCUT2D eigenvalue weighted by Crippen LogP contribution is -2.46. The summed E-state index contributed by atoms with van der Waals surface area (Å²) in [6.07, 6.45) is 9.58. The fourth-order valence-electron chi connectivity index (χ4n) is 4.87. The van der Waals surface area contributed by atoms with Gasteiger partial charge in [0.15, 0.2) is 0 Å². The first-order valence-corrected chi connectivity index (χ1v) is 11.1. The summed E-state index contributed by atoms with van der Waals surface area (Å²) >= 11 is 0. The number of esters is 1. The maximum Gasteiger partial charge on any atom is 0.410 e. The van der Waals surface area contributed by atoms with Crippen molar-refractivity contribution in [1.29, 1.82) is 0 Å². The van der Waals surface area contributed by atoms with Gasteiger partial charge in [-0.15, -0.1) is 6.42 Å². The fourth-order valence-corrected chi connectivity index (χ4v) is 4.87. The van der Waals surface area contributed by atoms with Crippen LogP contribution in [0.2, 0.25) is 0 Å². The molecule has 168 valence electrons. The molecular formula is C25H34N2O4. The van der Waals surface area contributed by atoms with Crippen LogP contribution in [-0.4, -0.2) is 67.8 Å². The van der Waals surface area contributed by atoms with Crippen molar-refractivity contribution in [3.63, 3.8) is 0 Å². The maximum absolute atomic E-state index is 12.1. The number of likely N-dealkylation sites (tertiary alicyclic amines) is 1. The van der Waals surface area contributed by atoms with Crippen LogP contribution in [0.15, 0.2) is 18.2 Å². The number of benzene rings is 1. The molecule has 31 heavy (non-hydrogen) atoms. The fraction of sp³-hybridized carbons (Fsp3) is 0.600. The molecule has 1 heterocycles. The Kier molecular flexibility index (Phi) is 7.61. The number of ether oxygens (including phenoxy) is 2. The molecule has 1 saturated carbocycles. The third kappa shape index (κ3) is 5.22. The lowest BCUT2D eigenvalue weighted by Gasteiger charge is -2.36. The van der Waals surface area contributed by atoms with Crippen molar-refractivity contribution in [3.05, 3.63) is 23.8 Å². The second-order valence-electron chi connectivity index (χ2n) is 8.92. The zero-order valence-corrected chi connectivity index (χ0v) is 19.1. The van der Waals surface area contributed by atoms with Gasteiger partial charge in [0.05, 0.1) is 13.2 Å². The molecule has 6 nitrogen and oxygen atoms in total. The van der Waals surface area contributed by atoms with E-state index in [1.54, 1.807) is 4.90 Å². The highest BCUT2D eigenvalue weighted by Crippen LogP contribution is 2.41. The summed E-state index contributed by atoms with van der Waals surface area (Å²) in [6, 6.07) is 6.23. The molecule has 1 amide bonds. The Morgan fingerprint density at radius 2 is 2.06 bits per heavy atom. The van der Waals surface area contributed by atoms with Crippen LogP contribution in [0, 0.1) is 25.2 Å². The van der Waals surface area contributed by atoms with Gasteiger partial charge in [-0.3, -0.25) is 9.69 Å². The molecule has 0 spiro atoms.